The number of rotatable bonds is 6. The number of hydrogen-bond acceptors (Lipinski definition) is 2. The molecule has 0 bridgehead atoms. The summed E-state index contributed by atoms with van der Waals surface area (Å²) in [6.07, 6.45) is 0.743. The Morgan fingerprint density at radius 1 is 1.15 bits per heavy atom. The summed E-state index contributed by atoms with van der Waals surface area (Å²) in [5, 5.41) is 3.22. The van der Waals surface area contributed by atoms with E-state index in [0.717, 1.165) is 23.3 Å². The van der Waals surface area contributed by atoms with Gasteiger partial charge in [-0.25, -0.2) is 4.39 Å². The summed E-state index contributed by atoms with van der Waals surface area (Å²) in [6, 6.07) is 14.8. The zero-order valence-corrected chi connectivity index (χ0v) is 11.9. The van der Waals surface area contributed by atoms with Gasteiger partial charge in [0.25, 0.3) is 0 Å². The summed E-state index contributed by atoms with van der Waals surface area (Å²) < 4.78 is 19.0. The lowest BCUT2D eigenvalue weighted by atomic mass is 10.0. The quantitative estimate of drug-likeness (QED) is 0.871. The van der Waals surface area contributed by atoms with Crippen molar-refractivity contribution in [2.24, 2.45) is 0 Å². The molecule has 1 N–H and O–H groups in total. The lowest BCUT2D eigenvalue weighted by molar-refractivity contribution is 0.269. The molecule has 0 saturated carbocycles. The van der Waals surface area contributed by atoms with Crippen LogP contribution in [0.5, 0.6) is 5.75 Å². The summed E-state index contributed by atoms with van der Waals surface area (Å²) in [6.45, 7) is 2.55. The predicted molar refractivity (Wildman–Crippen MR) is 79.6 cm³/mol. The Bertz CT molecular complexity index is 542. The Hall–Kier alpha value is -1.87. The van der Waals surface area contributed by atoms with Crippen molar-refractivity contribution < 1.29 is 9.13 Å². The summed E-state index contributed by atoms with van der Waals surface area (Å²) in [5.41, 5.74) is 2.12. The van der Waals surface area contributed by atoms with Crippen LogP contribution in [0.1, 0.15) is 11.1 Å². The monoisotopic (exact) mass is 273 g/mol. The van der Waals surface area contributed by atoms with Gasteiger partial charge in [-0.05, 0) is 55.8 Å². The van der Waals surface area contributed by atoms with Gasteiger partial charge in [0.2, 0.25) is 0 Å². The second-order valence-corrected chi connectivity index (χ2v) is 4.88. The number of aryl methyl sites for hydroxylation is 1. The minimum absolute atomic E-state index is 0.149. The largest absolute Gasteiger partial charge is 0.492 e. The third kappa shape index (κ3) is 4.07. The number of ether oxygens (including phenoxy) is 1. The van der Waals surface area contributed by atoms with E-state index in [-0.39, 0.29) is 11.9 Å². The molecule has 0 amide bonds. The number of halogens is 1. The van der Waals surface area contributed by atoms with Crippen LogP contribution in [-0.2, 0) is 6.42 Å². The molecule has 0 fully saturated rings. The molecule has 1 atom stereocenters. The number of hydrogen-bond donors (Lipinski definition) is 1. The van der Waals surface area contributed by atoms with Gasteiger partial charge in [0.1, 0.15) is 18.2 Å². The first-order chi connectivity index (χ1) is 9.69. The SMILES string of the molecule is CNC(COc1ccccc1)Cc1cc(F)ccc1C. The Morgan fingerprint density at radius 2 is 1.90 bits per heavy atom. The predicted octanol–water partition coefficient (Wildman–Crippen LogP) is 3.34. The molecule has 2 aromatic carbocycles. The van der Waals surface area contributed by atoms with E-state index in [4.69, 9.17) is 4.74 Å². The fourth-order valence-electron chi connectivity index (χ4n) is 2.08. The highest BCUT2D eigenvalue weighted by atomic mass is 19.1. The van der Waals surface area contributed by atoms with E-state index in [1.54, 1.807) is 6.07 Å². The van der Waals surface area contributed by atoms with Crippen molar-refractivity contribution in [1.82, 2.24) is 5.32 Å². The standard InChI is InChI=1S/C17H20FNO/c1-13-8-9-15(18)10-14(13)11-16(19-2)12-20-17-6-4-3-5-7-17/h3-10,16,19H,11-12H2,1-2H3. The van der Waals surface area contributed by atoms with Gasteiger partial charge in [-0.1, -0.05) is 24.3 Å². The van der Waals surface area contributed by atoms with Crippen molar-refractivity contribution in [3.05, 3.63) is 65.5 Å². The van der Waals surface area contributed by atoms with Gasteiger partial charge in [0.05, 0.1) is 0 Å². The molecule has 20 heavy (non-hydrogen) atoms. The van der Waals surface area contributed by atoms with Crippen LogP contribution in [0.2, 0.25) is 0 Å². The van der Waals surface area contributed by atoms with Gasteiger partial charge in [0.15, 0.2) is 0 Å². The van der Waals surface area contributed by atoms with E-state index in [2.05, 4.69) is 5.32 Å². The normalized spacial score (nSPS) is 12.2. The van der Waals surface area contributed by atoms with Crippen LogP contribution < -0.4 is 10.1 Å². The van der Waals surface area contributed by atoms with Crippen molar-refractivity contribution in [3.8, 4) is 5.75 Å². The minimum atomic E-state index is -0.190. The van der Waals surface area contributed by atoms with Crippen molar-refractivity contribution in [3.63, 3.8) is 0 Å². The maximum absolute atomic E-state index is 13.3. The smallest absolute Gasteiger partial charge is 0.123 e. The molecule has 0 saturated heterocycles. The van der Waals surface area contributed by atoms with Crippen LogP contribution in [0.3, 0.4) is 0 Å². The number of para-hydroxylation sites is 1. The highest BCUT2D eigenvalue weighted by molar-refractivity contribution is 5.27. The van der Waals surface area contributed by atoms with Crippen LogP contribution in [0.25, 0.3) is 0 Å². The van der Waals surface area contributed by atoms with E-state index < -0.39 is 0 Å². The van der Waals surface area contributed by atoms with E-state index in [1.165, 1.54) is 6.07 Å². The number of likely N-dealkylation sites (N-methyl/N-ethyl adjacent to an activating group) is 1. The minimum Gasteiger partial charge on any atom is -0.492 e. The van der Waals surface area contributed by atoms with E-state index in [1.807, 2.05) is 50.4 Å². The maximum atomic E-state index is 13.3. The topological polar surface area (TPSA) is 21.3 Å². The first kappa shape index (κ1) is 14.5. The zero-order valence-electron chi connectivity index (χ0n) is 11.9. The van der Waals surface area contributed by atoms with Crippen LogP contribution in [0.15, 0.2) is 48.5 Å². The molecule has 106 valence electrons. The van der Waals surface area contributed by atoms with E-state index >= 15 is 0 Å². The molecule has 2 aromatic rings. The summed E-state index contributed by atoms with van der Waals surface area (Å²) >= 11 is 0. The molecule has 0 aliphatic rings. The van der Waals surface area contributed by atoms with E-state index in [0.29, 0.717) is 6.61 Å². The fourth-order valence-corrected chi connectivity index (χ4v) is 2.08. The Kier molecular flexibility index (Phi) is 5.13. The first-order valence-electron chi connectivity index (χ1n) is 6.79. The van der Waals surface area contributed by atoms with Gasteiger partial charge < -0.3 is 10.1 Å². The molecule has 0 aliphatic carbocycles. The molecule has 3 heteroatoms. The van der Waals surface area contributed by atoms with Crippen molar-refractivity contribution in [1.29, 1.82) is 0 Å². The molecule has 2 rings (SSSR count). The molecular weight excluding hydrogens is 253 g/mol. The molecule has 1 unspecified atom stereocenters. The van der Waals surface area contributed by atoms with Crippen molar-refractivity contribution >= 4 is 0 Å². The van der Waals surface area contributed by atoms with Gasteiger partial charge in [0, 0.05) is 6.04 Å². The highest BCUT2D eigenvalue weighted by Crippen LogP contribution is 2.14. The summed E-state index contributed by atoms with van der Waals surface area (Å²) in [4.78, 5) is 0. The van der Waals surface area contributed by atoms with Gasteiger partial charge in [-0.2, -0.15) is 0 Å². The average Bonchev–Trinajstić information content (AvgIpc) is 2.48. The van der Waals surface area contributed by atoms with Crippen LogP contribution in [0.4, 0.5) is 4.39 Å². The molecule has 2 nitrogen and oxygen atoms in total. The highest BCUT2D eigenvalue weighted by Gasteiger charge is 2.11. The third-order valence-electron chi connectivity index (χ3n) is 3.38. The van der Waals surface area contributed by atoms with Crippen LogP contribution in [-0.4, -0.2) is 19.7 Å². The Morgan fingerprint density at radius 3 is 2.60 bits per heavy atom. The molecule has 0 aliphatic heterocycles. The third-order valence-corrected chi connectivity index (χ3v) is 3.38. The summed E-state index contributed by atoms with van der Waals surface area (Å²) in [5.74, 6) is 0.660. The zero-order chi connectivity index (χ0) is 14.4. The second-order valence-electron chi connectivity index (χ2n) is 4.88. The second kappa shape index (κ2) is 7.06. The van der Waals surface area contributed by atoms with E-state index in [9.17, 15) is 4.39 Å². The van der Waals surface area contributed by atoms with Crippen LogP contribution >= 0.6 is 0 Å². The Labute approximate surface area is 119 Å². The summed E-state index contributed by atoms with van der Waals surface area (Å²) in [7, 11) is 1.90. The Balaban J connectivity index is 1.97. The molecular formula is C17H20FNO. The average molecular weight is 273 g/mol. The molecule has 0 heterocycles. The molecule has 0 spiro atoms. The molecule has 0 radical (unpaired) electrons. The van der Waals surface area contributed by atoms with Crippen molar-refractivity contribution in [2.45, 2.75) is 19.4 Å². The van der Waals surface area contributed by atoms with Gasteiger partial charge in [-0.15, -0.1) is 0 Å². The number of nitrogens with one attached hydrogen (secondary N) is 1. The molecule has 0 aromatic heterocycles. The van der Waals surface area contributed by atoms with Gasteiger partial charge in [-0.3, -0.25) is 0 Å². The first-order valence-corrected chi connectivity index (χ1v) is 6.79. The lowest BCUT2D eigenvalue weighted by Crippen LogP contribution is -2.34. The van der Waals surface area contributed by atoms with Gasteiger partial charge >= 0.3 is 0 Å². The fraction of sp³-hybridized carbons (Fsp3) is 0.294. The maximum Gasteiger partial charge on any atom is 0.123 e. The van der Waals surface area contributed by atoms with Crippen molar-refractivity contribution in [2.75, 3.05) is 13.7 Å². The lowest BCUT2D eigenvalue weighted by Gasteiger charge is -2.18. The number of benzene rings is 2. The van der Waals surface area contributed by atoms with Crippen LogP contribution in [0, 0.1) is 12.7 Å².